The molecule has 1 atom stereocenters. The maximum Gasteiger partial charge on any atom is 0.320 e. The van der Waals surface area contributed by atoms with Crippen molar-refractivity contribution in [3.8, 4) is 0 Å². The summed E-state index contributed by atoms with van der Waals surface area (Å²) in [5.41, 5.74) is 2.65. The summed E-state index contributed by atoms with van der Waals surface area (Å²) in [5.74, 6) is 1.20. The summed E-state index contributed by atoms with van der Waals surface area (Å²) in [4.78, 5) is 16.4. The number of carbonyl (C=O) groups excluding carboxylic acids is 1. The van der Waals surface area contributed by atoms with Crippen molar-refractivity contribution in [1.82, 2.24) is 24.9 Å². The van der Waals surface area contributed by atoms with Crippen molar-refractivity contribution in [2.45, 2.75) is 26.8 Å². The van der Waals surface area contributed by atoms with Crippen molar-refractivity contribution in [1.29, 1.82) is 0 Å². The highest BCUT2D eigenvalue weighted by Crippen LogP contribution is 2.13. The molecule has 3 aromatic heterocycles. The van der Waals surface area contributed by atoms with Crippen LogP contribution in [0.15, 0.2) is 36.5 Å². The van der Waals surface area contributed by atoms with Gasteiger partial charge in [-0.05, 0) is 50.6 Å². The van der Waals surface area contributed by atoms with Gasteiger partial charge in [-0.15, -0.1) is 10.2 Å². The minimum atomic E-state index is -0.331. The van der Waals surface area contributed by atoms with E-state index in [2.05, 4.69) is 25.8 Å². The molecule has 0 aliphatic heterocycles. The van der Waals surface area contributed by atoms with Gasteiger partial charge in [0.05, 0.1) is 6.04 Å². The van der Waals surface area contributed by atoms with Crippen LogP contribution in [0.5, 0.6) is 0 Å². The molecule has 0 aliphatic carbocycles. The number of hydrogen-bond donors (Lipinski definition) is 2. The first kappa shape index (κ1) is 15.0. The fourth-order valence-electron chi connectivity index (χ4n) is 2.47. The average Bonchev–Trinajstić information content (AvgIpc) is 2.89. The maximum atomic E-state index is 12.2. The van der Waals surface area contributed by atoms with E-state index in [9.17, 15) is 4.79 Å². The predicted octanol–water partition coefficient (Wildman–Crippen LogP) is 2.62. The van der Waals surface area contributed by atoms with Crippen LogP contribution in [-0.2, 0) is 0 Å². The number of urea groups is 1. The second-order valence-electron chi connectivity index (χ2n) is 5.48. The molecule has 118 valence electrons. The molecular weight excluding hydrogens is 292 g/mol. The molecule has 0 fully saturated rings. The predicted molar refractivity (Wildman–Crippen MR) is 87.3 cm³/mol. The standard InChI is InChI=1S/C16H18N6O/c1-10-8-11(2)17-13(9-10)19-16(23)18-12(3)15-21-20-14-6-4-5-7-22(14)15/h4-9,12H,1-3H3,(H2,17,18,19,23)/t12-/m0/s1. The van der Waals surface area contributed by atoms with Crippen molar-refractivity contribution >= 4 is 17.5 Å². The lowest BCUT2D eigenvalue weighted by Gasteiger charge is -2.13. The number of carbonyl (C=O) groups is 1. The van der Waals surface area contributed by atoms with Gasteiger partial charge in [-0.3, -0.25) is 9.72 Å². The average molecular weight is 310 g/mol. The van der Waals surface area contributed by atoms with Gasteiger partial charge in [-0.1, -0.05) is 6.07 Å². The number of nitrogens with one attached hydrogen (secondary N) is 2. The molecular formula is C16H18N6O. The Labute approximate surface area is 133 Å². The van der Waals surface area contributed by atoms with Crippen LogP contribution < -0.4 is 10.6 Å². The van der Waals surface area contributed by atoms with E-state index in [-0.39, 0.29) is 12.1 Å². The Morgan fingerprint density at radius 2 is 2.04 bits per heavy atom. The lowest BCUT2D eigenvalue weighted by Crippen LogP contribution is -2.32. The molecule has 0 aromatic carbocycles. The minimum Gasteiger partial charge on any atom is -0.328 e. The van der Waals surface area contributed by atoms with Crippen molar-refractivity contribution in [2.24, 2.45) is 0 Å². The zero-order valence-corrected chi connectivity index (χ0v) is 13.2. The van der Waals surface area contributed by atoms with E-state index < -0.39 is 0 Å². The number of aryl methyl sites for hydroxylation is 2. The molecule has 0 unspecified atom stereocenters. The molecule has 3 aromatic rings. The Morgan fingerprint density at radius 1 is 1.22 bits per heavy atom. The van der Waals surface area contributed by atoms with Crippen LogP contribution in [0.2, 0.25) is 0 Å². The van der Waals surface area contributed by atoms with E-state index in [1.54, 1.807) is 0 Å². The van der Waals surface area contributed by atoms with Crippen LogP contribution in [-0.4, -0.2) is 25.6 Å². The van der Waals surface area contributed by atoms with Crippen LogP contribution in [0.1, 0.15) is 30.0 Å². The molecule has 0 saturated carbocycles. The molecule has 3 rings (SSSR count). The molecule has 7 heteroatoms. The summed E-state index contributed by atoms with van der Waals surface area (Å²) in [5, 5.41) is 13.8. The van der Waals surface area contributed by atoms with Crippen LogP contribution in [0.3, 0.4) is 0 Å². The van der Waals surface area contributed by atoms with Gasteiger partial charge in [-0.2, -0.15) is 0 Å². The highest BCUT2D eigenvalue weighted by atomic mass is 16.2. The van der Waals surface area contributed by atoms with Crippen LogP contribution in [0.25, 0.3) is 5.65 Å². The van der Waals surface area contributed by atoms with Gasteiger partial charge in [-0.25, -0.2) is 9.78 Å². The third kappa shape index (κ3) is 3.28. The molecule has 23 heavy (non-hydrogen) atoms. The maximum absolute atomic E-state index is 12.2. The molecule has 3 heterocycles. The Balaban J connectivity index is 1.72. The van der Waals surface area contributed by atoms with E-state index >= 15 is 0 Å². The lowest BCUT2D eigenvalue weighted by molar-refractivity contribution is 0.249. The fraction of sp³-hybridized carbons (Fsp3) is 0.250. The molecule has 2 N–H and O–H groups in total. The summed E-state index contributed by atoms with van der Waals surface area (Å²) in [6.07, 6.45) is 1.87. The Bertz CT molecular complexity index is 836. The number of aromatic nitrogens is 4. The van der Waals surface area contributed by atoms with E-state index in [1.165, 1.54) is 0 Å². The molecule has 2 amide bonds. The summed E-state index contributed by atoms with van der Waals surface area (Å²) >= 11 is 0. The van der Waals surface area contributed by atoms with Crippen LogP contribution in [0.4, 0.5) is 10.6 Å². The molecule has 0 saturated heterocycles. The van der Waals surface area contributed by atoms with Crippen molar-refractivity contribution < 1.29 is 4.79 Å². The van der Waals surface area contributed by atoms with E-state index in [1.807, 2.05) is 61.7 Å². The number of amides is 2. The smallest absolute Gasteiger partial charge is 0.320 e. The number of nitrogens with zero attached hydrogens (tertiary/aromatic N) is 4. The van der Waals surface area contributed by atoms with Gasteiger partial charge < -0.3 is 5.32 Å². The molecule has 0 spiro atoms. The summed E-state index contributed by atoms with van der Waals surface area (Å²) in [7, 11) is 0. The monoisotopic (exact) mass is 310 g/mol. The molecule has 7 nitrogen and oxygen atoms in total. The number of pyridine rings is 2. The first-order valence-electron chi connectivity index (χ1n) is 7.35. The van der Waals surface area contributed by atoms with E-state index in [0.717, 1.165) is 16.9 Å². The zero-order chi connectivity index (χ0) is 16.4. The minimum absolute atomic E-state index is 0.293. The fourth-order valence-corrected chi connectivity index (χ4v) is 2.47. The van der Waals surface area contributed by atoms with Crippen molar-refractivity contribution in [3.63, 3.8) is 0 Å². The third-order valence-corrected chi connectivity index (χ3v) is 3.41. The van der Waals surface area contributed by atoms with Crippen molar-refractivity contribution in [2.75, 3.05) is 5.32 Å². The van der Waals surface area contributed by atoms with E-state index in [4.69, 9.17) is 0 Å². The summed E-state index contributed by atoms with van der Waals surface area (Å²) in [6, 6.07) is 8.80. The van der Waals surface area contributed by atoms with Crippen LogP contribution >= 0.6 is 0 Å². The topological polar surface area (TPSA) is 84.2 Å². The Hall–Kier alpha value is -2.96. The first-order valence-corrected chi connectivity index (χ1v) is 7.35. The molecule has 0 radical (unpaired) electrons. The second kappa shape index (κ2) is 6.04. The van der Waals surface area contributed by atoms with Crippen molar-refractivity contribution in [3.05, 3.63) is 53.6 Å². The van der Waals surface area contributed by atoms with E-state index in [0.29, 0.717) is 11.6 Å². The van der Waals surface area contributed by atoms with Gasteiger partial charge in [0.25, 0.3) is 0 Å². The number of rotatable bonds is 3. The summed E-state index contributed by atoms with van der Waals surface area (Å²) in [6.45, 7) is 5.71. The molecule has 0 aliphatic rings. The van der Waals surface area contributed by atoms with Gasteiger partial charge in [0, 0.05) is 11.9 Å². The SMILES string of the molecule is Cc1cc(C)nc(NC(=O)N[C@@H](C)c2nnc3ccccn23)c1. The normalized spacial score (nSPS) is 12.1. The Morgan fingerprint density at radius 3 is 2.83 bits per heavy atom. The zero-order valence-electron chi connectivity index (χ0n) is 13.2. The van der Waals surface area contributed by atoms with Gasteiger partial charge >= 0.3 is 6.03 Å². The highest BCUT2D eigenvalue weighted by molar-refractivity contribution is 5.88. The first-order chi connectivity index (χ1) is 11.0. The largest absolute Gasteiger partial charge is 0.328 e. The van der Waals surface area contributed by atoms with Gasteiger partial charge in [0.2, 0.25) is 0 Å². The highest BCUT2D eigenvalue weighted by Gasteiger charge is 2.16. The summed E-state index contributed by atoms with van der Waals surface area (Å²) < 4.78 is 1.85. The van der Waals surface area contributed by atoms with Crippen LogP contribution in [0, 0.1) is 13.8 Å². The van der Waals surface area contributed by atoms with Gasteiger partial charge in [0.1, 0.15) is 5.82 Å². The Kier molecular flexibility index (Phi) is 3.92. The second-order valence-corrected chi connectivity index (χ2v) is 5.48. The number of anilines is 1. The molecule has 0 bridgehead atoms. The quantitative estimate of drug-likeness (QED) is 0.779. The lowest BCUT2D eigenvalue weighted by atomic mass is 10.2. The number of hydrogen-bond acceptors (Lipinski definition) is 4. The third-order valence-electron chi connectivity index (χ3n) is 3.41. The number of fused-ring (bicyclic) bond motifs is 1. The van der Waals surface area contributed by atoms with Gasteiger partial charge in [0.15, 0.2) is 11.5 Å².